The maximum absolute atomic E-state index is 11.9. The summed E-state index contributed by atoms with van der Waals surface area (Å²) in [7, 11) is -3.05. The van der Waals surface area contributed by atoms with E-state index in [4.69, 9.17) is 0 Å². The molecular formula is C19H24N4O4S. The summed E-state index contributed by atoms with van der Waals surface area (Å²) >= 11 is 0. The predicted octanol–water partition coefficient (Wildman–Crippen LogP) is 3.38. The number of rotatable bonds is 6. The highest BCUT2D eigenvalue weighted by atomic mass is 32.2. The zero-order chi connectivity index (χ0) is 20.3. The standard InChI is InChI=1S/C19H24N4O4S/c1-3-14-12-18(20-15-5-4-6-17(11-15)28(2,26)27)22-19(21-14)13-7-9-16(10-8-13)23(24)25/h7-10,12,15,17H,3-6,11H2,1-2H3,(H,20,21,22). The van der Waals surface area contributed by atoms with E-state index in [-0.39, 0.29) is 17.0 Å². The number of anilines is 1. The van der Waals surface area contributed by atoms with E-state index >= 15 is 0 Å². The number of non-ortho nitro benzene ring substituents is 1. The highest BCUT2D eigenvalue weighted by Crippen LogP contribution is 2.27. The maximum Gasteiger partial charge on any atom is 0.269 e. The van der Waals surface area contributed by atoms with Crippen molar-refractivity contribution in [3.05, 3.63) is 46.1 Å². The third kappa shape index (κ3) is 4.83. The van der Waals surface area contributed by atoms with Gasteiger partial charge in [-0.1, -0.05) is 13.3 Å². The Bertz CT molecular complexity index is 960. The SMILES string of the molecule is CCc1cc(NC2CCCC(S(C)(=O)=O)C2)nc(-c2ccc([N+](=O)[O-])cc2)n1. The van der Waals surface area contributed by atoms with Crippen molar-refractivity contribution >= 4 is 21.3 Å². The van der Waals surface area contributed by atoms with Gasteiger partial charge in [-0.2, -0.15) is 0 Å². The van der Waals surface area contributed by atoms with E-state index in [1.165, 1.54) is 18.4 Å². The Morgan fingerprint density at radius 3 is 2.54 bits per heavy atom. The van der Waals surface area contributed by atoms with E-state index in [0.29, 0.717) is 36.5 Å². The Balaban J connectivity index is 1.84. The van der Waals surface area contributed by atoms with Crippen LogP contribution in [0.25, 0.3) is 11.4 Å². The van der Waals surface area contributed by atoms with E-state index in [2.05, 4.69) is 15.3 Å². The summed E-state index contributed by atoms with van der Waals surface area (Å²) in [5.41, 5.74) is 1.56. The third-order valence-corrected chi connectivity index (χ3v) is 6.70. The molecule has 1 aliphatic carbocycles. The van der Waals surface area contributed by atoms with Crippen molar-refractivity contribution in [2.75, 3.05) is 11.6 Å². The number of nitrogens with zero attached hydrogens (tertiary/aromatic N) is 3. The van der Waals surface area contributed by atoms with Crippen LogP contribution in [0.1, 0.15) is 38.3 Å². The molecule has 1 heterocycles. The van der Waals surface area contributed by atoms with Gasteiger partial charge in [0.2, 0.25) is 0 Å². The Hall–Kier alpha value is -2.55. The van der Waals surface area contributed by atoms with Crippen molar-refractivity contribution in [3.63, 3.8) is 0 Å². The minimum absolute atomic E-state index is 0.0165. The third-order valence-electron chi connectivity index (χ3n) is 5.06. The van der Waals surface area contributed by atoms with Crippen LogP contribution < -0.4 is 5.32 Å². The van der Waals surface area contributed by atoms with Crippen molar-refractivity contribution < 1.29 is 13.3 Å². The first-order valence-corrected chi connectivity index (χ1v) is 11.3. The summed E-state index contributed by atoms with van der Waals surface area (Å²) in [4.78, 5) is 19.5. The number of sulfone groups is 1. The topological polar surface area (TPSA) is 115 Å². The average Bonchev–Trinajstić information content (AvgIpc) is 2.67. The van der Waals surface area contributed by atoms with Gasteiger partial charge in [0.1, 0.15) is 15.7 Å². The van der Waals surface area contributed by atoms with Crippen molar-refractivity contribution in [1.29, 1.82) is 0 Å². The van der Waals surface area contributed by atoms with Crippen LogP contribution >= 0.6 is 0 Å². The summed E-state index contributed by atoms with van der Waals surface area (Å²) in [5.74, 6) is 1.14. The molecule has 0 bridgehead atoms. The van der Waals surface area contributed by atoms with Gasteiger partial charge in [0.05, 0.1) is 10.2 Å². The highest BCUT2D eigenvalue weighted by molar-refractivity contribution is 7.91. The Morgan fingerprint density at radius 1 is 1.21 bits per heavy atom. The number of hydrogen-bond acceptors (Lipinski definition) is 7. The van der Waals surface area contributed by atoms with Gasteiger partial charge in [-0.15, -0.1) is 0 Å². The number of hydrogen-bond donors (Lipinski definition) is 1. The zero-order valence-electron chi connectivity index (χ0n) is 16.0. The normalized spacial score (nSPS) is 19.9. The summed E-state index contributed by atoms with van der Waals surface area (Å²) in [5, 5.41) is 13.9. The monoisotopic (exact) mass is 404 g/mol. The van der Waals surface area contributed by atoms with Gasteiger partial charge in [0, 0.05) is 41.8 Å². The number of nitrogens with one attached hydrogen (secondary N) is 1. The van der Waals surface area contributed by atoms with Crippen molar-refractivity contribution in [1.82, 2.24) is 9.97 Å². The Labute approximate surface area is 164 Å². The van der Waals surface area contributed by atoms with E-state index in [1.807, 2.05) is 13.0 Å². The van der Waals surface area contributed by atoms with Crippen molar-refractivity contribution in [2.45, 2.75) is 50.3 Å². The summed E-state index contributed by atoms with van der Waals surface area (Å²) in [6.45, 7) is 1.99. The first-order valence-electron chi connectivity index (χ1n) is 9.34. The van der Waals surface area contributed by atoms with Crippen LogP contribution in [0, 0.1) is 10.1 Å². The summed E-state index contributed by atoms with van der Waals surface area (Å²) in [6, 6.07) is 8.05. The average molecular weight is 404 g/mol. The minimum Gasteiger partial charge on any atom is -0.367 e. The molecule has 0 amide bonds. The molecule has 2 atom stereocenters. The fraction of sp³-hybridized carbons (Fsp3) is 0.474. The van der Waals surface area contributed by atoms with Gasteiger partial charge in [0.25, 0.3) is 5.69 Å². The zero-order valence-corrected chi connectivity index (χ0v) is 16.8. The summed E-state index contributed by atoms with van der Waals surface area (Å²) in [6.07, 6.45) is 5.04. The molecule has 1 fully saturated rings. The van der Waals surface area contributed by atoms with Gasteiger partial charge in [-0.3, -0.25) is 10.1 Å². The van der Waals surface area contributed by atoms with E-state index in [9.17, 15) is 18.5 Å². The van der Waals surface area contributed by atoms with E-state index in [1.54, 1.807) is 12.1 Å². The Morgan fingerprint density at radius 2 is 1.93 bits per heavy atom. The predicted molar refractivity (Wildman–Crippen MR) is 108 cm³/mol. The fourth-order valence-electron chi connectivity index (χ4n) is 3.49. The minimum atomic E-state index is -3.05. The molecule has 1 aliphatic rings. The number of aromatic nitrogens is 2. The molecule has 1 aromatic carbocycles. The van der Waals surface area contributed by atoms with Crippen LogP contribution in [0.15, 0.2) is 30.3 Å². The second kappa shape index (κ2) is 8.22. The summed E-state index contributed by atoms with van der Waals surface area (Å²) < 4.78 is 23.8. The molecular weight excluding hydrogens is 380 g/mol. The van der Waals surface area contributed by atoms with Gasteiger partial charge in [-0.05, 0) is 37.8 Å². The molecule has 1 N–H and O–H groups in total. The van der Waals surface area contributed by atoms with Crippen molar-refractivity contribution in [3.8, 4) is 11.4 Å². The van der Waals surface area contributed by atoms with Gasteiger partial charge >= 0.3 is 0 Å². The largest absolute Gasteiger partial charge is 0.367 e. The molecule has 1 saturated carbocycles. The van der Waals surface area contributed by atoms with Gasteiger partial charge in [0.15, 0.2) is 5.82 Å². The van der Waals surface area contributed by atoms with Crippen LogP contribution in [0.5, 0.6) is 0 Å². The van der Waals surface area contributed by atoms with Crippen LogP contribution in [0.4, 0.5) is 11.5 Å². The number of aryl methyl sites for hydroxylation is 1. The second-order valence-electron chi connectivity index (χ2n) is 7.19. The van der Waals surface area contributed by atoms with E-state index in [0.717, 1.165) is 18.5 Å². The van der Waals surface area contributed by atoms with Crippen LogP contribution in [0.3, 0.4) is 0 Å². The molecule has 9 heteroatoms. The first kappa shape index (κ1) is 20.2. The molecule has 28 heavy (non-hydrogen) atoms. The number of benzene rings is 1. The van der Waals surface area contributed by atoms with Crippen LogP contribution in [-0.4, -0.2) is 40.9 Å². The lowest BCUT2D eigenvalue weighted by Crippen LogP contribution is -2.34. The molecule has 8 nitrogen and oxygen atoms in total. The molecule has 150 valence electrons. The quantitative estimate of drug-likeness (QED) is 0.579. The number of nitro groups is 1. The van der Waals surface area contributed by atoms with Crippen molar-refractivity contribution in [2.24, 2.45) is 0 Å². The molecule has 0 aliphatic heterocycles. The second-order valence-corrected chi connectivity index (χ2v) is 9.51. The maximum atomic E-state index is 11.9. The fourth-order valence-corrected chi connectivity index (χ4v) is 4.66. The number of nitro benzene ring substituents is 1. The highest BCUT2D eigenvalue weighted by Gasteiger charge is 2.29. The molecule has 0 spiro atoms. The lowest BCUT2D eigenvalue weighted by molar-refractivity contribution is -0.384. The molecule has 0 saturated heterocycles. The lowest BCUT2D eigenvalue weighted by atomic mass is 9.95. The van der Waals surface area contributed by atoms with E-state index < -0.39 is 14.8 Å². The Kier molecular flexibility index (Phi) is 5.93. The molecule has 3 rings (SSSR count). The van der Waals surface area contributed by atoms with Crippen LogP contribution in [-0.2, 0) is 16.3 Å². The molecule has 2 aromatic rings. The lowest BCUT2D eigenvalue weighted by Gasteiger charge is -2.29. The molecule has 0 radical (unpaired) electrons. The molecule has 2 unspecified atom stereocenters. The smallest absolute Gasteiger partial charge is 0.269 e. The van der Waals surface area contributed by atoms with Crippen LogP contribution in [0.2, 0.25) is 0 Å². The van der Waals surface area contributed by atoms with Gasteiger partial charge in [-0.25, -0.2) is 18.4 Å². The molecule has 1 aromatic heterocycles. The van der Waals surface area contributed by atoms with Gasteiger partial charge < -0.3 is 5.32 Å². The first-order chi connectivity index (χ1) is 13.3.